The van der Waals surface area contributed by atoms with Crippen LogP contribution in [0.4, 0.5) is 0 Å². The first-order valence-corrected chi connectivity index (χ1v) is 5.11. The van der Waals surface area contributed by atoms with E-state index in [1.807, 2.05) is 24.3 Å². The fourth-order valence-electron chi connectivity index (χ4n) is 1.37. The van der Waals surface area contributed by atoms with Gasteiger partial charge in [0.1, 0.15) is 0 Å². The second-order valence-electron chi connectivity index (χ2n) is 3.22. The summed E-state index contributed by atoms with van der Waals surface area (Å²) in [7, 11) is 0. The van der Waals surface area contributed by atoms with Crippen molar-refractivity contribution in [2.24, 2.45) is 0 Å². The highest BCUT2D eigenvalue weighted by molar-refractivity contribution is 6.31. The first-order chi connectivity index (χ1) is 7.81. The quantitative estimate of drug-likeness (QED) is 0.796. The minimum Gasteiger partial charge on any atom is -0.265 e. The van der Waals surface area contributed by atoms with Gasteiger partial charge in [-0.3, -0.25) is 9.97 Å². The molecule has 78 valence electrons. The van der Waals surface area contributed by atoms with Crippen LogP contribution in [0.3, 0.4) is 0 Å². The zero-order valence-electron chi connectivity index (χ0n) is 8.39. The average molecular weight is 230 g/mol. The summed E-state index contributed by atoms with van der Waals surface area (Å²) in [6.07, 6.45) is 5.38. The van der Waals surface area contributed by atoms with Crippen molar-refractivity contribution in [1.29, 1.82) is 5.26 Å². The number of nitrogens with zero attached hydrogens (tertiary/aromatic N) is 3. The van der Waals surface area contributed by atoms with Gasteiger partial charge in [-0.15, -0.1) is 0 Å². The molecule has 2 heterocycles. The summed E-state index contributed by atoms with van der Waals surface area (Å²) in [4.78, 5) is 8.11. The largest absolute Gasteiger partial charge is 0.265 e. The lowest BCUT2D eigenvalue weighted by atomic mass is 10.1. The van der Waals surface area contributed by atoms with Crippen LogP contribution in [-0.2, 0) is 6.42 Å². The van der Waals surface area contributed by atoms with Gasteiger partial charge in [0, 0.05) is 24.2 Å². The summed E-state index contributed by atoms with van der Waals surface area (Å²) in [5.74, 6) is 0. The predicted octanol–water partition coefficient (Wildman–Crippen LogP) is 2.86. The molecule has 0 radical (unpaired) electrons. The van der Waals surface area contributed by atoms with Crippen molar-refractivity contribution in [3.8, 4) is 17.2 Å². The number of aromatic nitrogens is 2. The molecule has 0 spiro atoms. The van der Waals surface area contributed by atoms with E-state index in [0.717, 1.165) is 11.1 Å². The van der Waals surface area contributed by atoms with E-state index in [2.05, 4.69) is 9.97 Å². The Morgan fingerprint density at radius 3 is 2.62 bits per heavy atom. The lowest BCUT2D eigenvalue weighted by Gasteiger charge is -2.03. The minimum absolute atomic E-state index is 0.232. The standard InChI is InChI=1S/C12H8ClN3/c13-11-7-10(8-16-12(11)1-4-14)9-2-5-15-6-3-9/h2-3,5-8H,1H2. The van der Waals surface area contributed by atoms with Gasteiger partial charge in [-0.25, -0.2) is 0 Å². The van der Waals surface area contributed by atoms with Crippen molar-refractivity contribution in [2.45, 2.75) is 6.42 Å². The van der Waals surface area contributed by atoms with Crippen LogP contribution in [0.25, 0.3) is 11.1 Å². The van der Waals surface area contributed by atoms with Crippen LogP contribution in [-0.4, -0.2) is 9.97 Å². The van der Waals surface area contributed by atoms with Crippen LogP contribution >= 0.6 is 11.6 Å². The molecule has 2 aromatic rings. The predicted molar refractivity (Wildman–Crippen MR) is 61.8 cm³/mol. The lowest BCUT2D eigenvalue weighted by molar-refractivity contribution is 1.12. The van der Waals surface area contributed by atoms with Crippen LogP contribution in [0.1, 0.15) is 5.69 Å². The molecular weight excluding hydrogens is 222 g/mol. The van der Waals surface area contributed by atoms with Gasteiger partial charge in [0.25, 0.3) is 0 Å². The second kappa shape index (κ2) is 4.73. The molecule has 2 rings (SSSR count). The van der Waals surface area contributed by atoms with Gasteiger partial charge >= 0.3 is 0 Å². The fraction of sp³-hybridized carbons (Fsp3) is 0.0833. The molecule has 0 saturated carbocycles. The van der Waals surface area contributed by atoms with Crippen molar-refractivity contribution in [1.82, 2.24) is 9.97 Å². The van der Waals surface area contributed by atoms with E-state index in [1.165, 1.54) is 0 Å². The van der Waals surface area contributed by atoms with Crippen molar-refractivity contribution in [3.05, 3.63) is 47.5 Å². The maximum absolute atomic E-state index is 8.57. The molecule has 0 saturated heterocycles. The van der Waals surface area contributed by atoms with Crippen LogP contribution in [0.5, 0.6) is 0 Å². The van der Waals surface area contributed by atoms with E-state index >= 15 is 0 Å². The molecule has 0 N–H and O–H groups in total. The molecule has 0 bridgehead atoms. The van der Waals surface area contributed by atoms with E-state index in [-0.39, 0.29) is 6.42 Å². The smallest absolute Gasteiger partial charge is 0.0789 e. The van der Waals surface area contributed by atoms with Gasteiger partial charge in [0.15, 0.2) is 0 Å². The lowest BCUT2D eigenvalue weighted by Crippen LogP contribution is -1.90. The van der Waals surface area contributed by atoms with Crippen LogP contribution in [0.15, 0.2) is 36.8 Å². The molecule has 4 heteroatoms. The number of hydrogen-bond donors (Lipinski definition) is 0. The Kier molecular flexibility index (Phi) is 3.13. The van der Waals surface area contributed by atoms with Gasteiger partial charge in [0.05, 0.1) is 23.2 Å². The maximum Gasteiger partial charge on any atom is 0.0789 e. The zero-order chi connectivity index (χ0) is 11.4. The number of pyridine rings is 2. The Balaban J connectivity index is 2.39. The van der Waals surface area contributed by atoms with Crippen LogP contribution in [0, 0.1) is 11.3 Å². The topological polar surface area (TPSA) is 49.6 Å². The van der Waals surface area contributed by atoms with Gasteiger partial charge in [-0.1, -0.05) is 11.6 Å². The van der Waals surface area contributed by atoms with Gasteiger partial charge in [-0.2, -0.15) is 5.26 Å². The third kappa shape index (κ3) is 2.18. The molecule has 0 aliphatic carbocycles. The van der Waals surface area contributed by atoms with Gasteiger partial charge in [0.2, 0.25) is 0 Å². The highest BCUT2D eigenvalue weighted by Gasteiger charge is 2.04. The molecule has 2 aromatic heterocycles. The Morgan fingerprint density at radius 2 is 2.00 bits per heavy atom. The molecule has 0 aliphatic heterocycles. The molecule has 0 aromatic carbocycles. The number of rotatable bonds is 2. The van der Waals surface area contributed by atoms with E-state index in [1.54, 1.807) is 18.6 Å². The molecule has 3 nitrogen and oxygen atoms in total. The monoisotopic (exact) mass is 229 g/mol. The summed E-state index contributed by atoms with van der Waals surface area (Å²) in [5.41, 5.74) is 2.55. The highest BCUT2D eigenvalue weighted by atomic mass is 35.5. The van der Waals surface area contributed by atoms with E-state index < -0.39 is 0 Å². The summed E-state index contributed by atoms with van der Waals surface area (Å²) in [5, 5.41) is 9.10. The molecular formula is C12H8ClN3. The summed E-state index contributed by atoms with van der Waals surface area (Å²) in [6, 6.07) is 7.62. The molecule has 0 amide bonds. The van der Waals surface area contributed by atoms with Crippen LogP contribution in [0.2, 0.25) is 5.02 Å². The van der Waals surface area contributed by atoms with Gasteiger partial charge in [-0.05, 0) is 23.8 Å². The van der Waals surface area contributed by atoms with E-state index in [9.17, 15) is 0 Å². The zero-order valence-corrected chi connectivity index (χ0v) is 9.15. The normalized spacial score (nSPS) is 9.75. The summed E-state index contributed by atoms with van der Waals surface area (Å²) >= 11 is 6.03. The first kappa shape index (κ1) is 10.6. The maximum atomic E-state index is 8.57. The second-order valence-corrected chi connectivity index (χ2v) is 3.63. The average Bonchev–Trinajstić information content (AvgIpc) is 2.33. The van der Waals surface area contributed by atoms with Crippen LogP contribution < -0.4 is 0 Å². The third-order valence-electron chi connectivity index (χ3n) is 2.18. The van der Waals surface area contributed by atoms with Crippen molar-refractivity contribution >= 4 is 11.6 Å². The Labute approximate surface area is 98.4 Å². The molecule has 0 aliphatic rings. The van der Waals surface area contributed by atoms with E-state index in [4.69, 9.17) is 16.9 Å². The van der Waals surface area contributed by atoms with Gasteiger partial charge < -0.3 is 0 Å². The number of hydrogen-bond acceptors (Lipinski definition) is 3. The first-order valence-electron chi connectivity index (χ1n) is 4.73. The Morgan fingerprint density at radius 1 is 1.25 bits per heavy atom. The van der Waals surface area contributed by atoms with Crippen molar-refractivity contribution < 1.29 is 0 Å². The molecule has 16 heavy (non-hydrogen) atoms. The van der Waals surface area contributed by atoms with Crippen molar-refractivity contribution in [3.63, 3.8) is 0 Å². The highest BCUT2D eigenvalue weighted by Crippen LogP contribution is 2.23. The van der Waals surface area contributed by atoms with E-state index in [0.29, 0.717) is 10.7 Å². The van der Waals surface area contributed by atoms with Crippen molar-refractivity contribution in [2.75, 3.05) is 0 Å². The number of halogens is 1. The SMILES string of the molecule is N#CCc1ncc(-c2ccncc2)cc1Cl. The minimum atomic E-state index is 0.232. The fourth-order valence-corrected chi connectivity index (χ4v) is 1.61. The molecule has 0 unspecified atom stereocenters. The third-order valence-corrected chi connectivity index (χ3v) is 2.50. The molecule has 0 atom stereocenters. The summed E-state index contributed by atoms with van der Waals surface area (Å²) in [6.45, 7) is 0. The molecule has 0 fully saturated rings. The number of nitriles is 1. The Hall–Kier alpha value is -1.92. The summed E-state index contributed by atoms with van der Waals surface area (Å²) < 4.78 is 0. The Bertz CT molecular complexity index is 532.